The maximum atomic E-state index is 11.6. The standard InChI is InChI=1S/C9H13N3O3/c1-2-5-12-6-10-11-7(9(12)15)3-4-8(13)14/h6H,2-5H2,1H3,(H,13,14). The predicted molar refractivity (Wildman–Crippen MR) is 52.5 cm³/mol. The molecule has 0 saturated heterocycles. The maximum Gasteiger partial charge on any atom is 0.303 e. The summed E-state index contributed by atoms with van der Waals surface area (Å²) < 4.78 is 1.45. The lowest BCUT2D eigenvalue weighted by Crippen LogP contribution is -2.26. The summed E-state index contributed by atoms with van der Waals surface area (Å²) in [6.07, 6.45) is 2.23. The molecule has 15 heavy (non-hydrogen) atoms. The van der Waals surface area contributed by atoms with Crippen molar-refractivity contribution in [3.05, 3.63) is 22.4 Å². The molecule has 0 aromatic carbocycles. The van der Waals surface area contributed by atoms with E-state index in [1.54, 1.807) is 0 Å². The lowest BCUT2D eigenvalue weighted by molar-refractivity contribution is -0.136. The average Bonchev–Trinajstić information content (AvgIpc) is 2.19. The molecule has 6 nitrogen and oxygen atoms in total. The third-order valence-electron chi connectivity index (χ3n) is 1.92. The van der Waals surface area contributed by atoms with Gasteiger partial charge in [-0.2, -0.15) is 0 Å². The Hall–Kier alpha value is -1.72. The molecular formula is C9H13N3O3. The van der Waals surface area contributed by atoms with Crippen LogP contribution in [0, 0.1) is 0 Å². The first-order chi connectivity index (χ1) is 7.15. The zero-order valence-corrected chi connectivity index (χ0v) is 8.51. The van der Waals surface area contributed by atoms with E-state index in [9.17, 15) is 9.59 Å². The third-order valence-corrected chi connectivity index (χ3v) is 1.92. The van der Waals surface area contributed by atoms with E-state index in [-0.39, 0.29) is 24.1 Å². The van der Waals surface area contributed by atoms with Crippen molar-refractivity contribution >= 4 is 5.97 Å². The zero-order valence-electron chi connectivity index (χ0n) is 8.51. The molecule has 1 heterocycles. The molecule has 0 saturated carbocycles. The summed E-state index contributed by atoms with van der Waals surface area (Å²) in [7, 11) is 0. The molecule has 0 aliphatic rings. The average molecular weight is 211 g/mol. The number of carboxylic acid groups (broad SMARTS) is 1. The smallest absolute Gasteiger partial charge is 0.303 e. The summed E-state index contributed by atoms with van der Waals surface area (Å²) in [5, 5.41) is 15.8. The van der Waals surface area contributed by atoms with Crippen LogP contribution in [0.4, 0.5) is 0 Å². The normalized spacial score (nSPS) is 10.2. The summed E-state index contributed by atoms with van der Waals surface area (Å²) in [6, 6.07) is 0. The van der Waals surface area contributed by atoms with Crippen LogP contribution in [0.2, 0.25) is 0 Å². The van der Waals surface area contributed by atoms with E-state index in [4.69, 9.17) is 5.11 Å². The minimum atomic E-state index is -0.943. The van der Waals surface area contributed by atoms with Gasteiger partial charge in [0.15, 0.2) is 0 Å². The van der Waals surface area contributed by atoms with Crippen molar-refractivity contribution in [2.75, 3.05) is 0 Å². The molecule has 0 fully saturated rings. The van der Waals surface area contributed by atoms with Gasteiger partial charge in [0.2, 0.25) is 0 Å². The molecule has 1 aromatic rings. The summed E-state index contributed by atoms with van der Waals surface area (Å²) in [6.45, 7) is 2.53. The largest absolute Gasteiger partial charge is 0.481 e. The second-order valence-electron chi connectivity index (χ2n) is 3.17. The van der Waals surface area contributed by atoms with Crippen LogP contribution in [-0.2, 0) is 17.8 Å². The van der Waals surface area contributed by atoms with E-state index in [1.807, 2.05) is 6.92 Å². The molecule has 1 N–H and O–H groups in total. The number of aryl methyl sites for hydroxylation is 2. The van der Waals surface area contributed by atoms with Crippen molar-refractivity contribution in [1.29, 1.82) is 0 Å². The molecule has 0 unspecified atom stereocenters. The van der Waals surface area contributed by atoms with Crippen molar-refractivity contribution in [1.82, 2.24) is 14.8 Å². The van der Waals surface area contributed by atoms with E-state index in [0.29, 0.717) is 6.54 Å². The minimum absolute atomic E-state index is 0.0972. The highest BCUT2D eigenvalue weighted by Crippen LogP contribution is 1.92. The number of hydrogen-bond donors (Lipinski definition) is 1. The maximum absolute atomic E-state index is 11.6. The van der Waals surface area contributed by atoms with Crippen molar-refractivity contribution in [2.24, 2.45) is 0 Å². The summed E-state index contributed by atoms with van der Waals surface area (Å²) in [5.74, 6) is -0.943. The minimum Gasteiger partial charge on any atom is -0.481 e. The van der Waals surface area contributed by atoms with E-state index in [0.717, 1.165) is 6.42 Å². The molecule has 6 heteroatoms. The van der Waals surface area contributed by atoms with Gasteiger partial charge in [-0.1, -0.05) is 6.92 Å². The van der Waals surface area contributed by atoms with Crippen LogP contribution in [0.5, 0.6) is 0 Å². The first-order valence-corrected chi connectivity index (χ1v) is 4.78. The second-order valence-corrected chi connectivity index (χ2v) is 3.17. The van der Waals surface area contributed by atoms with Gasteiger partial charge in [0.1, 0.15) is 12.0 Å². The summed E-state index contributed by atoms with van der Waals surface area (Å²) >= 11 is 0. The van der Waals surface area contributed by atoms with Gasteiger partial charge in [-0.15, -0.1) is 10.2 Å². The molecule has 0 atom stereocenters. The van der Waals surface area contributed by atoms with Gasteiger partial charge in [0.05, 0.1) is 6.42 Å². The topological polar surface area (TPSA) is 85.1 Å². The van der Waals surface area contributed by atoms with E-state index in [1.165, 1.54) is 10.9 Å². The molecule has 1 rings (SSSR count). The van der Waals surface area contributed by atoms with Crippen LogP contribution >= 0.6 is 0 Å². The van der Waals surface area contributed by atoms with Crippen LogP contribution in [0.15, 0.2) is 11.1 Å². The van der Waals surface area contributed by atoms with E-state index in [2.05, 4.69) is 10.2 Å². The predicted octanol–water partition coefficient (Wildman–Crippen LogP) is 0.0655. The Kier molecular flexibility index (Phi) is 3.96. The Morgan fingerprint density at radius 2 is 2.33 bits per heavy atom. The summed E-state index contributed by atoms with van der Waals surface area (Å²) in [4.78, 5) is 22.0. The van der Waals surface area contributed by atoms with Crippen LogP contribution in [0.1, 0.15) is 25.5 Å². The fourth-order valence-electron chi connectivity index (χ4n) is 1.20. The van der Waals surface area contributed by atoms with Gasteiger partial charge in [-0.05, 0) is 6.42 Å². The third kappa shape index (κ3) is 3.16. The fraction of sp³-hybridized carbons (Fsp3) is 0.556. The monoisotopic (exact) mass is 211 g/mol. The van der Waals surface area contributed by atoms with Crippen molar-refractivity contribution in [3.63, 3.8) is 0 Å². The number of hydrogen-bond acceptors (Lipinski definition) is 4. The summed E-state index contributed by atoms with van der Waals surface area (Å²) in [5.41, 5.74) is -0.0264. The van der Waals surface area contributed by atoms with Crippen LogP contribution < -0.4 is 5.56 Å². The Labute approximate surface area is 86.6 Å². The number of rotatable bonds is 5. The number of aliphatic carboxylic acids is 1. The highest BCUT2D eigenvalue weighted by atomic mass is 16.4. The van der Waals surface area contributed by atoms with E-state index < -0.39 is 5.97 Å². The first kappa shape index (κ1) is 11.4. The van der Waals surface area contributed by atoms with Crippen molar-refractivity contribution in [3.8, 4) is 0 Å². The van der Waals surface area contributed by atoms with Gasteiger partial charge >= 0.3 is 5.97 Å². The molecule has 0 aliphatic heterocycles. The Balaban J connectivity index is 2.84. The Morgan fingerprint density at radius 3 is 2.93 bits per heavy atom. The van der Waals surface area contributed by atoms with Crippen molar-refractivity contribution in [2.45, 2.75) is 32.7 Å². The lowest BCUT2D eigenvalue weighted by Gasteiger charge is -2.03. The molecule has 0 bridgehead atoms. The molecule has 0 spiro atoms. The molecule has 0 amide bonds. The highest BCUT2D eigenvalue weighted by molar-refractivity contribution is 5.66. The van der Waals surface area contributed by atoms with Gasteiger partial charge in [-0.25, -0.2) is 0 Å². The fourth-order valence-corrected chi connectivity index (χ4v) is 1.20. The molecule has 0 aliphatic carbocycles. The lowest BCUT2D eigenvalue weighted by atomic mass is 10.2. The quantitative estimate of drug-likeness (QED) is 0.744. The second kappa shape index (κ2) is 5.23. The number of aromatic nitrogens is 3. The zero-order chi connectivity index (χ0) is 11.3. The molecule has 82 valence electrons. The van der Waals surface area contributed by atoms with Gasteiger partial charge in [0.25, 0.3) is 5.56 Å². The number of carboxylic acids is 1. The SMILES string of the molecule is CCCn1cnnc(CCC(=O)O)c1=O. The van der Waals surface area contributed by atoms with Crippen LogP contribution in [0.3, 0.4) is 0 Å². The van der Waals surface area contributed by atoms with Gasteiger partial charge in [0, 0.05) is 13.0 Å². The molecular weight excluding hydrogens is 198 g/mol. The number of nitrogens with zero attached hydrogens (tertiary/aromatic N) is 3. The van der Waals surface area contributed by atoms with Gasteiger partial charge < -0.3 is 5.11 Å². The Morgan fingerprint density at radius 1 is 1.60 bits per heavy atom. The van der Waals surface area contributed by atoms with Crippen molar-refractivity contribution < 1.29 is 9.90 Å². The molecule has 1 aromatic heterocycles. The van der Waals surface area contributed by atoms with Gasteiger partial charge in [-0.3, -0.25) is 14.2 Å². The molecule has 0 radical (unpaired) electrons. The van der Waals surface area contributed by atoms with E-state index >= 15 is 0 Å². The highest BCUT2D eigenvalue weighted by Gasteiger charge is 2.07. The van der Waals surface area contributed by atoms with Crippen LogP contribution in [-0.4, -0.2) is 25.8 Å². The Bertz CT molecular complexity index is 400. The number of carbonyl (C=O) groups is 1. The van der Waals surface area contributed by atoms with Crippen LogP contribution in [0.25, 0.3) is 0 Å². The first-order valence-electron chi connectivity index (χ1n) is 4.78.